The highest BCUT2D eigenvalue weighted by Crippen LogP contribution is 2.34. The smallest absolute Gasteiger partial charge is 0.127 e. The van der Waals surface area contributed by atoms with Crippen molar-refractivity contribution in [1.82, 2.24) is 0 Å². The fourth-order valence-electron chi connectivity index (χ4n) is 1.84. The summed E-state index contributed by atoms with van der Waals surface area (Å²) in [7, 11) is 4.90. The zero-order valence-corrected chi connectivity index (χ0v) is 11.8. The minimum atomic E-state index is -0.186. The number of rotatable bonds is 9. The summed E-state index contributed by atoms with van der Waals surface area (Å²) in [6.07, 6.45) is 0.695. The Labute approximate surface area is 114 Å². The van der Waals surface area contributed by atoms with E-state index >= 15 is 0 Å². The maximum atomic E-state index is 6.19. The van der Waals surface area contributed by atoms with Crippen molar-refractivity contribution in [3.05, 3.63) is 23.8 Å². The fraction of sp³-hybridized carbons (Fsp3) is 0.571. The second-order valence-electron chi connectivity index (χ2n) is 4.08. The lowest BCUT2D eigenvalue weighted by molar-refractivity contribution is 0.0670. The Hall–Kier alpha value is -1.30. The van der Waals surface area contributed by atoms with Crippen LogP contribution in [0.5, 0.6) is 11.5 Å². The molecule has 0 fully saturated rings. The molecule has 5 heteroatoms. The Morgan fingerprint density at radius 2 is 1.63 bits per heavy atom. The maximum absolute atomic E-state index is 6.19. The SMILES string of the molecule is COCCOCCC(N)c1c(OC)cccc1OC. The zero-order valence-electron chi connectivity index (χ0n) is 11.8. The van der Waals surface area contributed by atoms with E-state index in [1.165, 1.54) is 0 Å². The van der Waals surface area contributed by atoms with Gasteiger partial charge in [-0.2, -0.15) is 0 Å². The summed E-state index contributed by atoms with van der Waals surface area (Å²) >= 11 is 0. The highest BCUT2D eigenvalue weighted by molar-refractivity contribution is 5.46. The van der Waals surface area contributed by atoms with Crippen LogP contribution in [0, 0.1) is 0 Å². The van der Waals surface area contributed by atoms with Gasteiger partial charge in [-0.25, -0.2) is 0 Å². The fourth-order valence-corrected chi connectivity index (χ4v) is 1.84. The van der Waals surface area contributed by atoms with Crippen LogP contribution in [0.2, 0.25) is 0 Å². The number of nitrogens with two attached hydrogens (primary N) is 1. The van der Waals surface area contributed by atoms with E-state index in [0.717, 1.165) is 17.1 Å². The molecule has 1 rings (SSSR count). The first-order chi connectivity index (χ1) is 9.24. The first-order valence-corrected chi connectivity index (χ1v) is 6.27. The van der Waals surface area contributed by atoms with E-state index < -0.39 is 0 Å². The van der Waals surface area contributed by atoms with E-state index in [2.05, 4.69) is 0 Å². The van der Waals surface area contributed by atoms with E-state index in [-0.39, 0.29) is 6.04 Å². The van der Waals surface area contributed by atoms with E-state index in [4.69, 9.17) is 24.7 Å². The second-order valence-corrected chi connectivity index (χ2v) is 4.08. The molecule has 0 aliphatic carbocycles. The van der Waals surface area contributed by atoms with Crippen LogP contribution in [-0.4, -0.2) is 41.2 Å². The second kappa shape index (κ2) is 8.74. The third-order valence-electron chi connectivity index (χ3n) is 2.84. The topological polar surface area (TPSA) is 62.9 Å². The molecule has 1 aromatic rings. The highest BCUT2D eigenvalue weighted by atomic mass is 16.5. The summed E-state index contributed by atoms with van der Waals surface area (Å²) in [5, 5.41) is 0. The molecular formula is C14H23NO4. The summed E-state index contributed by atoms with van der Waals surface area (Å²) in [5.74, 6) is 1.48. The molecule has 1 atom stereocenters. The standard InChI is InChI=1S/C14H23NO4/c1-16-9-10-19-8-7-11(15)14-12(17-2)5-4-6-13(14)18-3/h4-6,11H,7-10,15H2,1-3H3. The lowest BCUT2D eigenvalue weighted by Gasteiger charge is -2.18. The zero-order chi connectivity index (χ0) is 14.1. The number of hydrogen-bond donors (Lipinski definition) is 1. The summed E-state index contributed by atoms with van der Waals surface area (Å²) in [4.78, 5) is 0. The summed E-state index contributed by atoms with van der Waals surface area (Å²) in [5.41, 5.74) is 7.07. The van der Waals surface area contributed by atoms with Gasteiger partial charge in [0.05, 0.1) is 33.0 Å². The van der Waals surface area contributed by atoms with Gasteiger partial charge >= 0.3 is 0 Å². The maximum Gasteiger partial charge on any atom is 0.127 e. The monoisotopic (exact) mass is 269 g/mol. The van der Waals surface area contributed by atoms with Crippen molar-refractivity contribution in [2.45, 2.75) is 12.5 Å². The van der Waals surface area contributed by atoms with Crippen molar-refractivity contribution in [1.29, 1.82) is 0 Å². The van der Waals surface area contributed by atoms with Gasteiger partial charge in [-0.1, -0.05) is 6.07 Å². The lowest BCUT2D eigenvalue weighted by Crippen LogP contribution is -2.16. The number of methoxy groups -OCH3 is 3. The minimum absolute atomic E-state index is 0.186. The Balaban J connectivity index is 2.62. The quantitative estimate of drug-likeness (QED) is 0.692. The van der Waals surface area contributed by atoms with Crippen molar-refractivity contribution in [3.63, 3.8) is 0 Å². The molecule has 108 valence electrons. The predicted molar refractivity (Wildman–Crippen MR) is 73.8 cm³/mol. The molecule has 0 radical (unpaired) electrons. The summed E-state index contributed by atoms with van der Waals surface area (Å²) in [6.45, 7) is 1.74. The molecule has 0 saturated heterocycles. The first-order valence-electron chi connectivity index (χ1n) is 6.27. The van der Waals surface area contributed by atoms with Crippen LogP contribution >= 0.6 is 0 Å². The Bertz CT molecular complexity index is 348. The molecule has 0 aliphatic heterocycles. The van der Waals surface area contributed by atoms with Gasteiger partial charge < -0.3 is 24.7 Å². The Morgan fingerprint density at radius 1 is 1.00 bits per heavy atom. The van der Waals surface area contributed by atoms with E-state index in [9.17, 15) is 0 Å². The van der Waals surface area contributed by atoms with E-state index in [0.29, 0.717) is 26.2 Å². The number of benzene rings is 1. The van der Waals surface area contributed by atoms with Gasteiger partial charge in [0, 0.05) is 19.8 Å². The summed E-state index contributed by atoms with van der Waals surface area (Å²) < 4.78 is 21.0. The first kappa shape index (κ1) is 15.8. The normalized spacial score (nSPS) is 12.2. The molecule has 19 heavy (non-hydrogen) atoms. The lowest BCUT2D eigenvalue weighted by atomic mass is 10.0. The van der Waals surface area contributed by atoms with Crippen LogP contribution < -0.4 is 15.2 Å². The third-order valence-corrected chi connectivity index (χ3v) is 2.84. The van der Waals surface area contributed by atoms with Crippen molar-refractivity contribution in [2.24, 2.45) is 5.73 Å². The Morgan fingerprint density at radius 3 is 2.16 bits per heavy atom. The molecule has 5 nitrogen and oxygen atoms in total. The van der Waals surface area contributed by atoms with Crippen molar-refractivity contribution < 1.29 is 18.9 Å². The van der Waals surface area contributed by atoms with Crippen molar-refractivity contribution in [3.8, 4) is 11.5 Å². The van der Waals surface area contributed by atoms with Gasteiger partial charge in [-0.3, -0.25) is 0 Å². The van der Waals surface area contributed by atoms with E-state index in [1.807, 2.05) is 18.2 Å². The average molecular weight is 269 g/mol. The molecule has 0 aromatic heterocycles. The number of ether oxygens (including phenoxy) is 4. The predicted octanol–water partition coefficient (Wildman–Crippen LogP) is 1.76. The molecular weight excluding hydrogens is 246 g/mol. The molecule has 0 aliphatic rings. The molecule has 0 amide bonds. The van der Waals surface area contributed by atoms with Gasteiger partial charge in [-0.05, 0) is 18.6 Å². The largest absolute Gasteiger partial charge is 0.496 e. The molecule has 0 spiro atoms. The molecule has 0 heterocycles. The average Bonchev–Trinajstić information content (AvgIpc) is 2.45. The van der Waals surface area contributed by atoms with Crippen LogP contribution in [0.3, 0.4) is 0 Å². The van der Waals surface area contributed by atoms with Gasteiger partial charge in [0.1, 0.15) is 11.5 Å². The third kappa shape index (κ3) is 4.70. The highest BCUT2D eigenvalue weighted by Gasteiger charge is 2.17. The van der Waals surface area contributed by atoms with Gasteiger partial charge in [0.2, 0.25) is 0 Å². The molecule has 1 aromatic carbocycles. The van der Waals surface area contributed by atoms with Gasteiger partial charge in [0.25, 0.3) is 0 Å². The van der Waals surface area contributed by atoms with Crippen molar-refractivity contribution >= 4 is 0 Å². The van der Waals surface area contributed by atoms with Crippen LogP contribution in [0.1, 0.15) is 18.0 Å². The molecule has 0 saturated carbocycles. The van der Waals surface area contributed by atoms with Gasteiger partial charge in [-0.15, -0.1) is 0 Å². The van der Waals surface area contributed by atoms with Crippen LogP contribution in [-0.2, 0) is 9.47 Å². The van der Waals surface area contributed by atoms with Crippen LogP contribution in [0.4, 0.5) is 0 Å². The molecule has 2 N–H and O–H groups in total. The number of hydrogen-bond acceptors (Lipinski definition) is 5. The summed E-state index contributed by atoms with van der Waals surface area (Å²) in [6, 6.07) is 5.45. The molecule has 1 unspecified atom stereocenters. The minimum Gasteiger partial charge on any atom is -0.496 e. The van der Waals surface area contributed by atoms with Crippen LogP contribution in [0.15, 0.2) is 18.2 Å². The Kier molecular flexibility index (Phi) is 7.25. The van der Waals surface area contributed by atoms with Crippen LogP contribution in [0.25, 0.3) is 0 Å². The van der Waals surface area contributed by atoms with Gasteiger partial charge in [0.15, 0.2) is 0 Å². The van der Waals surface area contributed by atoms with Crippen molar-refractivity contribution in [2.75, 3.05) is 41.2 Å². The molecule has 0 bridgehead atoms. The van der Waals surface area contributed by atoms with E-state index in [1.54, 1.807) is 21.3 Å².